The molecule has 0 radical (unpaired) electrons. The van der Waals surface area contributed by atoms with E-state index in [0.717, 1.165) is 23.2 Å². The number of likely N-dealkylation sites (tertiary alicyclic amines) is 2. The molecule has 5 rings (SSSR count). The number of carbonyl (C=O) groups excluding carboxylic acids is 2. The number of thiophene rings is 1. The van der Waals surface area contributed by atoms with E-state index in [9.17, 15) is 37.1 Å². The van der Waals surface area contributed by atoms with Crippen molar-refractivity contribution in [2.45, 2.75) is 88.6 Å². The molecular formula is C36H38F4N4O5S. The molecule has 2 atom stereocenters. The Morgan fingerprint density at radius 2 is 1.88 bits per heavy atom. The number of aromatic nitrogens is 1. The number of carboxylic acids is 1. The van der Waals surface area contributed by atoms with E-state index in [1.165, 1.54) is 34.4 Å². The second-order valence-electron chi connectivity index (χ2n) is 12.8. The number of carbonyl (C=O) groups is 3. The van der Waals surface area contributed by atoms with Crippen LogP contribution in [0.1, 0.15) is 83.9 Å². The van der Waals surface area contributed by atoms with Crippen molar-refractivity contribution in [2.75, 3.05) is 19.6 Å². The first-order valence-corrected chi connectivity index (χ1v) is 17.4. The lowest BCUT2D eigenvalue weighted by Crippen LogP contribution is -2.68. The van der Waals surface area contributed by atoms with Gasteiger partial charge in [0.25, 0.3) is 17.4 Å². The van der Waals surface area contributed by atoms with Crippen molar-refractivity contribution >= 4 is 29.1 Å². The van der Waals surface area contributed by atoms with Gasteiger partial charge in [0.2, 0.25) is 5.60 Å². The highest BCUT2D eigenvalue weighted by atomic mass is 32.1. The van der Waals surface area contributed by atoms with E-state index < -0.39 is 58.2 Å². The molecule has 0 bridgehead atoms. The summed E-state index contributed by atoms with van der Waals surface area (Å²) in [5, 5.41) is 11.0. The monoisotopic (exact) mass is 714 g/mol. The van der Waals surface area contributed by atoms with Crippen LogP contribution in [0.5, 0.6) is 5.75 Å². The first kappa shape index (κ1) is 36.8. The summed E-state index contributed by atoms with van der Waals surface area (Å²) in [5.41, 5.74) is -3.83. The summed E-state index contributed by atoms with van der Waals surface area (Å²) in [6.07, 6.45) is -2.32. The number of carboxylic acid groups (broad SMARTS) is 1. The maximum Gasteiger partial charge on any atom is 0.418 e. The zero-order valence-corrected chi connectivity index (χ0v) is 28.6. The molecule has 3 aromatic rings. The van der Waals surface area contributed by atoms with Crippen molar-refractivity contribution in [2.24, 2.45) is 0 Å². The number of rotatable bonds is 10. The van der Waals surface area contributed by atoms with Crippen molar-refractivity contribution in [3.8, 4) is 5.75 Å². The van der Waals surface area contributed by atoms with Gasteiger partial charge in [-0.2, -0.15) is 13.2 Å². The molecule has 2 aliphatic rings. The molecule has 4 heterocycles. The highest BCUT2D eigenvalue weighted by Crippen LogP contribution is 2.44. The largest absolute Gasteiger partial charge is 0.481 e. The number of pyridine rings is 1. The number of aryl methyl sites for hydroxylation is 2. The van der Waals surface area contributed by atoms with Crippen molar-refractivity contribution in [3.05, 3.63) is 92.5 Å². The third-order valence-electron chi connectivity index (χ3n) is 9.64. The summed E-state index contributed by atoms with van der Waals surface area (Å²) in [7, 11) is 0. The highest BCUT2D eigenvalue weighted by Gasteiger charge is 2.57. The SMILES string of the molecule is [C-]#[N+]C1(c2cc(F)ccc2CCC(=O)O)CCN(C(=O)[C@]2(Oc3csc(C)c3)CCCN(C(=O)c3ncccc3C(F)(F)F)[C@@H]2CCC)CC1. The Hall–Kier alpha value is -4.51. The van der Waals surface area contributed by atoms with Crippen molar-refractivity contribution in [3.63, 3.8) is 0 Å². The molecule has 9 nitrogen and oxygen atoms in total. The predicted octanol–water partition coefficient (Wildman–Crippen LogP) is 7.29. The minimum atomic E-state index is -4.83. The fraction of sp³-hybridized carbons (Fsp3) is 0.472. The first-order valence-electron chi connectivity index (χ1n) is 16.5. The van der Waals surface area contributed by atoms with Crippen molar-refractivity contribution < 1.29 is 41.8 Å². The minimum absolute atomic E-state index is 0.0785. The summed E-state index contributed by atoms with van der Waals surface area (Å²) in [6.45, 7) is 12.1. The van der Waals surface area contributed by atoms with Crippen molar-refractivity contribution in [1.82, 2.24) is 14.8 Å². The maximum absolute atomic E-state index is 14.9. The molecule has 0 spiro atoms. The lowest BCUT2D eigenvalue weighted by Gasteiger charge is -2.50. The van der Waals surface area contributed by atoms with Gasteiger partial charge in [-0.15, -0.1) is 11.3 Å². The number of amides is 2. The normalized spacial score (nSPS) is 20.6. The zero-order valence-electron chi connectivity index (χ0n) is 27.8. The van der Waals surface area contributed by atoms with Crippen LogP contribution in [0.3, 0.4) is 0 Å². The molecule has 2 aliphatic heterocycles. The van der Waals surface area contributed by atoms with E-state index in [4.69, 9.17) is 11.3 Å². The van der Waals surface area contributed by atoms with Gasteiger partial charge in [0.05, 0.1) is 11.6 Å². The average molecular weight is 715 g/mol. The van der Waals surface area contributed by atoms with Gasteiger partial charge < -0.3 is 24.5 Å². The average Bonchev–Trinajstić information content (AvgIpc) is 3.51. The molecule has 0 saturated carbocycles. The number of hydrogen-bond acceptors (Lipinski definition) is 6. The van der Waals surface area contributed by atoms with E-state index in [1.807, 2.05) is 13.8 Å². The second-order valence-corrected chi connectivity index (χ2v) is 13.9. The molecule has 2 saturated heterocycles. The smallest absolute Gasteiger partial charge is 0.418 e. The van der Waals surface area contributed by atoms with Crippen LogP contribution in [0, 0.1) is 19.3 Å². The van der Waals surface area contributed by atoms with Crippen LogP contribution in [-0.4, -0.2) is 69.0 Å². The number of piperidine rings is 2. The molecule has 2 amide bonds. The Bertz CT molecular complexity index is 1780. The van der Waals surface area contributed by atoms with Gasteiger partial charge in [-0.1, -0.05) is 19.4 Å². The summed E-state index contributed by atoms with van der Waals surface area (Å²) in [5.74, 6) is -2.57. The second kappa shape index (κ2) is 14.8. The Morgan fingerprint density at radius 1 is 1.14 bits per heavy atom. The van der Waals surface area contributed by atoms with Gasteiger partial charge in [-0.3, -0.25) is 19.4 Å². The summed E-state index contributed by atoms with van der Waals surface area (Å²) < 4.78 is 63.2. The van der Waals surface area contributed by atoms with E-state index in [-0.39, 0.29) is 64.6 Å². The summed E-state index contributed by atoms with van der Waals surface area (Å²) >= 11 is 1.40. The first-order chi connectivity index (χ1) is 23.7. The van der Waals surface area contributed by atoms with Crippen LogP contribution >= 0.6 is 11.3 Å². The molecular weight excluding hydrogens is 676 g/mol. The third kappa shape index (κ3) is 7.33. The Kier molecular flexibility index (Phi) is 10.9. The highest BCUT2D eigenvalue weighted by molar-refractivity contribution is 7.10. The van der Waals surface area contributed by atoms with E-state index in [1.54, 1.807) is 16.3 Å². The van der Waals surface area contributed by atoms with Gasteiger partial charge in [0.15, 0.2) is 0 Å². The van der Waals surface area contributed by atoms with Gasteiger partial charge in [-0.05, 0) is 62.1 Å². The summed E-state index contributed by atoms with van der Waals surface area (Å²) in [4.78, 5) is 51.8. The van der Waals surface area contributed by atoms with Crippen LogP contribution in [0.2, 0.25) is 0 Å². The Balaban J connectivity index is 1.51. The standard InChI is InChI=1S/C36H38F4N4O5S/c1-4-7-29-35(49-26-20-23(2)50-22-26,13-6-17-44(29)32(47)31-27(36(38,39)40)8-5-16-42-31)33(48)43-18-14-34(41-3,15-19-43)28-21-25(37)11-9-24(28)10-12-30(45)46/h5,8-9,11,16,20-22,29H,4,6-7,10,12-15,17-19H2,1-2H3,(H,45,46)/t29-,35+/m1/s1. The molecule has 1 aromatic carbocycles. The quantitative estimate of drug-likeness (QED) is 0.175. The zero-order chi connectivity index (χ0) is 36.3. The number of benzene rings is 1. The van der Waals surface area contributed by atoms with Crippen LogP contribution < -0.4 is 4.74 Å². The molecule has 0 aliphatic carbocycles. The molecule has 2 fully saturated rings. The van der Waals surface area contributed by atoms with E-state index >= 15 is 0 Å². The number of hydrogen-bond donors (Lipinski definition) is 1. The Morgan fingerprint density at radius 3 is 2.50 bits per heavy atom. The molecule has 50 heavy (non-hydrogen) atoms. The van der Waals surface area contributed by atoms with Crippen molar-refractivity contribution in [1.29, 1.82) is 0 Å². The number of ether oxygens (including phenoxy) is 1. The third-order valence-corrected chi connectivity index (χ3v) is 10.5. The lowest BCUT2D eigenvalue weighted by molar-refractivity contribution is -0.160. The van der Waals surface area contributed by atoms with Gasteiger partial charge in [0.1, 0.15) is 17.3 Å². The van der Waals surface area contributed by atoms with Gasteiger partial charge in [-0.25, -0.2) is 11.0 Å². The molecule has 266 valence electrons. The summed E-state index contributed by atoms with van der Waals surface area (Å²) in [6, 6.07) is 6.76. The fourth-order valence-electron chi connectivity index (χ4n) is 7.26. The van der Waals surface area contributed by atoms with Crippen LogP contribution in [-0.2, 0) is 27.7 Å². The molecule has 0 unspecified atom stereocenters. The van der Waals surface area contributed by atoms with Crippen LogP contribution in [0.25, 0.3) is 4.85 Å². The van der Waals surface area contributed by atoms with Gasteiger partial charge in [0, 0.05) is 67.3 Å². The number of nitrogens with zero attached hydrogens (tertiary/aromatic N) is 4. The lowest BCUT2D eigenvalue weighted by atomic mass is 9.76. The molecule has 1 N–H and O–H groups in total. The fourth-order valence-corrected chi connectivity index (χ4v) is 7.86. The number of aliphatic carboxylic acids is 1. The maximum atomic E-state index is 14.9. The van der Waals surface area contributed by atoms with E-state index in [2.05, 4.69) is 9.83 Å². The number of alkyl halides is 3. The minimum Gasteiger partial charge on any atom is -0.481 e. The topological polar surface area (TPSA) is 104 Å². The van der Waals surface area contributed by atoms with E-state index in [0.29, 0.717) is 23.3 Å². The predicted molar refractivity (Wildman–Crippen MR) is 177 cm³/mol. The van der Waals surface area contributed by atoms with Crippen LogP contribution in [0.4, 0.5) is 17.6 Å². The Labute approximate surface area is 291 Å². The molecule has 14 heteroatoms. The van der Waals surface area contributed by atoms with Crippen LogP contribution in [0.15, 0.2) is 48.0 Å². The van der Waals surface area contributed by atoms with Gasteiger partial charge >= 0.3 is 12.1 Å². The molecule has 2 aromatic heterocycles. The number of halogens is 4.